The average molecular weight is 440 g/mol. The molecule has 5 heteroatoms. The number of nitrogens with zero attached hydrogens (tertiary/aromatic N) is 3. The van der Waals surface area contributed by atoms with Crippen molar-refractivity contribution in [3.63, 3.8) is 0 Å². The highest BCUT2D eigenvalue weighted by atomic mass is 35.5. The van der Waals surface area contributed by atoms with Crippen molar-refractivity contribution in [2.45, 2.75) is 25.3 Å². The summed E-state index contributed by atoms with van der Waals surface area (Å²) in [7, 11) is 1.93. The number of benzene rings is 2. The highest BCUT2D eigenvalue weighted by Crippen LogP contribution is 2.54. The van der Waals surface area contributed by atoms with Crippen molar-refractivity contribution in [3.8, 4) is 27.9 Å². The van der Waals surface area contributed by atoms with Crippen molar-refractivity contribution in [3.05, 3.63) is 95.0 Å². The fraction of sp³-hybridized carbons (Fsp3) is 0.185. The first kappa shape index (κ1) is 19.3. The highest BCUT2D eigenvalue weighted by molar-refractivity contribution is 6.30. The van der Waals surface area contributed by atoms with Crippen molar-refractivity contribution < 1.29 is 4.79 Å². The number of halogens is 1. The molecule has 1 aliphatic carbocycles. The zero-order chi connectivity index (χ0) is 22.0. The summed E-state index contributed by atoms with van der Waals surface area (Å²) in [6.45, 7) is 2.03. The molecule has 2 aromatic heterocycles. The number of amides is 1. The predicted molar refractivity (Wildman–Crippen MR) is 127 cm³/mol. The Morgan fingerprint density at radius 1 is 0.969 bits per heavy atom. The Balaban J connectivity index is 1.59. The fourth-order valence-corrected chi connectivity index (χ4v) is 5.10. The molecule has 2 aliphatic rings. The number of carbonyl (C=O) groups is 1. The van der Waals surface area contributed by atoms with Crippen LogP contribution >= 0.6 is 11.6 Å². The zero-order valence-electron chi connectivity index (χ0n) is 18.0. The summed E-state index contributed by atoms with van der Waals surface area (Å²) in [5, 5.41) is 0.697. The number of aryl methyl sites for hydroxylation is 1. The molecule has 4 aromatic rings. The molecule has 0 saturated heterocycles. The average Bonchev–Trinajstić information content (AvgIpc) is 3.50. The number of aromatic nitrogens is 2. The van der Waals surface area contributed by atoms with Crippen molar-refractivity contribution in [1.29, 1.82) is 0 Å². The topological polar surface area (TPSA) is 38.1 Å². The SMILES string of the molecule is Cc1ncccc1-c1ccc2c(c1)-n1cc(-c3ccc(Cl)cc3)cc1C(=O)N(C)C21CC1. The Hall–Kier alpha value is -3.37. The summed E-state index contributed by atoms with van der Waals surface area (Å²) in [6.07, 6.45) is 5.87. The molecule has 1 spiro atoms. The summed E-state index contributed by atoms with van der Waals surface area (Å²) < 4.78 is 2.07. The number of fused-ring (bicyclic) bond motifs is 4. The second kappa shape index (κ2) is 6.81. The van der Waals surface area contributed by atoms with Gasteiger partial charge in [-0.15, -0.1) is 0 Å². The van der Waals surface area contributed by atoms with Crippen molar-refractivity contribution >= 4 is 17.5 Å². The molecule has 0 radical (unpaired) electrons. The number of rotatable bonds is 2. The van der Waals surface area contributed by atoms with Gasteiger partial charge in [-0.25, -0.2) is 0 Å². The second-order valence-corrected chi connectivity index (χ2v) is 9.19. The molecule has 1 aliphatic heterocycles. The summed E-state index contributed by atoms with van der Waals surface area (Å²) in [6, 6.07) is 20.4. The number of carbonyl (C=O) groups excluding carboxylic acids is 1. The van der Waals surface area contributed by atoms with Crippen LogP contribution in [-0.2, 0) is 5.54 Å². The summed E-state index contributed by atoms with van der Waals surface area (Å²) in [5.41, 5.74) is 7.98. The van der Waals surface area contributed by atoms with Crippen LogP contribution < -0.4 is 0 Å². The number of hydrogen-bond donors (Lipinski definition) is 0. The van der Waals surface area contributed by atoms with Crippen LogP contribution in [0, 0.1) is 6.92 Å². The lowest BCUT2D eigenvalue weighted by Gasteiger charge is -2.27. The molecule has 0 unspecified atom stereocenters. The molecule has 0 atom stereocenters. The van der Waals surface area contributed by atoms with Crippen LogP contribution in [0.3, 0.4) is 0 Å². The first-order chi connectivity index (χ1) is 15.5. The van der Waals surface area contributed by atoms with E-state index in [0.29, 0.717) is 10.7 Å². The Bertz CT molecular complexity index is 1380. The van der Waals surface area contributed by atoms with Crippen LogP contribution in [-0.4, -0.2) is 27.4 Å². The van der Waals surface area contributed by atoms with E-state index < -0.39 is 0 Å². The predicted octanol–water partition coefficient (Wildman–Crippen LogP) is 6.24. The van der Waals surface area contributed by atoms with Gasteiger partial charge in [-0.3, -0.25) is 9.78 Å². The number of pyridine rings is 1. The summed E-state index contributed by atoms with van der Waals surface area (Å²) in [4.78, 5) is 19.9. The minimum Gasteiger partial charge on any atom is -0.331 e. The van der Waals surface area contributed by atoms with E-state index in [0.717, 1.165) is 46.5 Å². The maximum atomic E-state index is 13.5. The largest absolute Gasteiger partial charge is 0.331 e. The van der Waals surface area contributed by atoms with E-state index in [9.17, 15) is 4.79 Å². The van der Waals surface area contributed by atoms with Gasteiger partial charge in [-0.1, -0.05) is 41.9 Å². The van der Waals surface area contributed by atoms with E-state index in [1.54, 1.807) is 0 Å². The Kier molecular flexibility index (Phi) is 4.11. The van der Waals surface area contributed by atoms with Crippen LogP contribution in [0.2, 0.25) is 5.02 Å². The molecule has 0 bridgehead atoms. The lowest BCUT2D eigenvalue weighted by Crippen LogP contribution is -2.36. The van der Waals surface area contributed by atoms with Crippen LogP contribution in [0.1, 0.15) is 34.6 Å². The van der Waals surface area contributed by atoms with Gasteiger partial charge in [0.15, 0.2) is 0 Å². The second-order valence-electron chi connectivity index (χ2n) is 8.75. The maximum Gasteiger partial charge on any atom is 0.271 e. The third-order valence-electron chi connectivity index (χ3n) is 6.96. The maximum absolute atomic E-state index is 13.5. The van der Waals surface area contributed by atoms with E-state index in [-0.39, 0.29) is 11.4 Å². The van der Waals surface area contributed by atoms with Crippen molar-refractivity contribution in [1.82, 2.24) is 14.5 Å². The fourth-order valence-electron chi connectivity index (χ4n) is 4.98. The monoisotopic (exact) mass is 439 g/mol. The van der Waals surface area contributed by atoms with Gasteiger partial charge >= 0.3 is 0 Å². The van der Waals surface area contributed by atoms with E-state index in [1.807, 2.05) is 61.5 Å². The summed E-state index contributed by atoms with van der Waals surface area (Å²) >= 11 is 6.09. The lowest BCUT2D eigenvalue weighted by molar-refractivity contribution is 0.0705. The molecule has 1 fully saturated rings. The van der Waals surface area contributed by atoms with Gasteiger partial charge in [-0.2, -0.15) is 0 Å². The van der Waals surface area contributed by atoms with Crippen LogP contribution in [0.15, 0.2) is 73.1 Å². The van der Waals surface area contributed by atoms with Crippen LogP contribution in [0.4, 0.5) is 0 Å². The van der Waals surface area contributed by atoms with Gasteiger partial charge in [0.05, 0.1) is 11.2 Å². The highest BCUT2D eigenvalue weighted by Gasteiger charge is 2.53. The molecule has 1 amide bonds. The Labute approximate surface area is 192 Å². The standard InChI is InChI=1S/C27H22ClN3O/c1-17-22(4-3-13-29-17)19-7-10-23-24(14-19)31-16-20(18-5-8-21(28)9-6-18)15-25(31)26(32)30(2)27(23)11-12-27/h3-10,13-16H,11-12H2,1-2H3. The first-order valence-electron chi connectivity index (χ1n) is 10.8. The van der Waals surface area contributed by atoms with Gasteiger partial charge in [0.25, 0.3) is 5.91 Å². The number of hydrogen-bond acceptors (Lipinski definition) is 2. The minimum absolute atomic E-state index is 0.0537. The first-order valence-corrected chi connectivity index (χ1v) is 11.2. The molecule has 158 valence electrons. The normalized spacial score (nSPS) is 16.0. The molecule has 32 heavy (non-hydrogen) atoms. The van der Waals surface area contributed by atoms with Gasteiger partial charge in [0.1, 0.15) is 5.69 Å². The molecule has 2 aromatic carbocycles. The van der Waals surface area contributed by atoms with E-state index in [2.05, 4.69) is 40.0 Å². The lowest BCUT2D eigenvalue weighted by atomic mass is 9.96. The zero-order valence-corrected chi connectivity index (χ0v) is 18.7. The van der Waals surface area contributed by atoms with Crippen LogP contribution in [0.25, 0.3) is 27.9 Å². The van der Waals surface area contributed by atoms with Crippen molar-refractivity contribution in [2.75, 3.05) is 7.05 Å². The molecular formula is C27H22ClN3O. The van der Waals surface area contributed by atoms with Gasteiger partial charge < -0.3 is 9.47 Å². The quantitative estimate of drug-likeness (QED) is 0.370. The molecule has 3 heterocycles. The van der Waals surface area contributed by atoms with Crippen LogP contribution in [0.5, 0.6) is 0 Å². The van der Waals surface area contributed by atoms with Crippen molar-refractivity contribution in [2.24, 2.45) is 0 Å². The molecule has 0 N–H and O–H groups in total. The smallest absolute Gasteiger partial charge is 0.271 e. The van der Waals surface area contributed by atoms with Gasteiger partial charge in [0, 0.05) is 46.8 Å². The summed E-state index contributed by atoms with van der Waals surface area (Å²) in [5.74, 6) is 0.0537. The molecular weight excluding hydrogens is 418 g/mol. The minimum atomic E-state index is -0.214. The third-order valence-corrected chi connectivity index (χ3v) is 7.22. The van der Waals surface area contributed by atoms with E-state index in [1.165, 1.54) is 5.56 Å². The molecule has 4 nitrogen and oxygen atoms in total. The van der Waals surface area contributed by atoms with Gasteiger partial charge in [0.2, 0.25) is 0 Å². The molecule has 1 saturated carbocycles. The molecule has 6 rings (SSSR count). The van der Waals surface area contributed by atoms with E-state index >= 15 is 0 Å². The Morgan fingerprint density at radius 3 is 2.44 bits per heavy atom. The Morgan fingerprint density at radius 2 is 1.72 bits per heavy atom. The third kappa shape index (κ3) is 2.76. The van der Waals surface area contributed by atoms with Gasteiger partial charge in [-0.05, 0) is 61.2 Å². The van der Waals surface area contributed by atoms with E-state index in [4.69, 9.17) is 11.6 Å².